The predicted octanol–water partition coefficient (Wildman–Crippen LogP) is 22.3. The molecule has 0 rings (SSSR count). The molecule has 0 aromatic heterocycles. The van der Waals surface area contributed by atoms with Gasteiger partial charge >= 0.3 is 17.9 Å². The first-order chi connectivity index (χ1) is 37.0. The zero-order valence-electron chi connectivity index (χ0n) is 50.1. The molecule has 0 aromatic rings. The van der Waals surface area contributed by atoms with Crippen molar-refractivity contribution in [3.63, 3.8) is 0 Å². The van der Waals surface area contributed by atoms with E-state index in [0.29, 0.717) is 12.8 Å². The summed E-state index contributed by atoms with van der Waals surface area (Å²) >= 11 is 0. The Hall–Kier alpha value is -2.89. The summed E-state index contributed by atoms with van der Waals surface area (Å²) in [5.74, 6) is -1.01. The lowest BCUT2D eigenvalue weighted by molar-refractivity contribution is -0.166. The number of carbonyl (C=O) groups is 3. The second-order valence-electron chi connectivity index (χ2n) is 22.0. The van der Waals surface area contributed by atoms with Crippen LogP contribution in [0.25, 0.3) is 0 Å². The molecule has 436 valence electrons. The largest absolute Gasteiger partial charge is 0.462 e. The number of hydrogen-bond acceptors (Lipinski definition) is 6. The van der Waals surface area contributed by atoms with Gasteiger partial charge in [-0.05, 0) is 44.9 Å². The van der Waals surface area contributed by atoms with Crippen molar-refractivity contribution in [2.24, 2.45) is 0 Å². The monoisotopic (exact) mass is 1050 g/mol. The van der Waals surface area contributed by atoms with Crippen molar-refractivity contribution >= 4 is 17.9 Å². The minimum atomic E-state index is -0.812. The molecule has 6 heteroatoms. The van der Waals surface area contributed by atoms with Gasteiger partial charge in [-0.2, -0.15) is 0 Å². The zero-order chi connectivity index (χ0) is 54.3. The normalized spacial score (nSPS) is 12.4. The van der Waals surface area contributed by atoms with Gasteiger partial charge in [0.25, 0.3) is 0 Å². The Labute approximate surface area is 466 Å². The standard InChI is InChI=1S/C69H124O6/c1-4-7-10-13-16-19-22-25-28-30-32-34-35-37-38-41-44-47-50-53-56-59-62-68(71)74-65-66(64-73-67(70)61-58-55-52-49-46-43-40-27-24-21-18-15-12-9-6-3)75-69(72)63-60-57-54-51-48-45-42-39-36-33-31-29-26-23-20-17-14-11-8-5-2/h9,12,18,21,27,40,46,49,55,58,66H,4-8,10-11,13-17,19-20,22-26,28-39,41-45,47-48,50-54,56-57,59-65H2,1-3H3/b12-9-,21-18-,40-27-,49-46-,58-55-. The van der Waals surface area contributed by atoms with Crippen LogP contribution in [0.1, 0.15) is 342 Å². The SMILES string of the molecule is CC/C=C\C/C=C\C/C=C\C/C=C\C/C=C\CC(=O)OCC(COC(=O)CCCCCCCCCCCCCCCCCCCCCCCC)OC(=O)CCCCCCCCCCCCCCCCCCCCCC. The Kier molecular flexibility index (Phi) is 61.2. The summed E-state index contributed by atoms with van der Waals surface area (Å²) in [6, 6.07) is 0. The summed E-state index contributed by atoms with van der Waals surface area (Å²) in [6.45, 7) is 6.50. The third-order valence-electron chi connectivity index (χ3n) is 14.6. The van der Waals surface area contributed by atoms with Gasteiger partial charge in [-0.1, -0.05) is 338 Å². The Morgan fingerprint density at radius 1 is 0.280 bits per heavy atom. The van der Waals surface area contributed by atoms with Crippen LogP contribution in [-0.2, 0) is 28.6 Å². The van der Waals surface area contributed by atoms with Crippen molar-refractivity contribution in [3.05, 3.63) is 60.8 Å². The first-order valence-electron chi connectivity index (χ1n) is 32.8. The molecule has 0 aliphatic heterocycles. The van der Waals surface area contributed by atoms with Crippen LogP contribution in [0.4, 0.5) is 0 Å². The molecule has 0 N–H and O–H groups in total. The van der Waals surface area contributed by atoms with E-state index in [1.165, 1.54) is 231 Å². The zero-order valence-corrected chi connectivity index (χ0v) is 50.1. The minimum absolute atomic E-state index is 0.0991. The smallest absolute Gasteiger partial charge is 0.309 e. The molecular weight excluding hydrogens is 925 g/mol. The lowest BCUT2D eigenvalue weighted by Crippen LogP contribution is -2.30. The fraction of sp³-hybridized carbons (Fsp3) is 0.812. The Balaban J connectivity index is 4.36. The molecule has 0 aromatic carbocycles. The van der Waals surface area contributed by atoms with E-state index in [4.69, 9.17) is 14.2 Å². The van der Waals surface area contributed by atoms with Gasteiger partial charge in [0.2, 0.25) is 0 Å². The molecule has 0 aliphatic carbocycles. The number of unbranched alkanes of at least 4 members (excludes halogenated alkanes) is 40. The van der Waals surface area contributed by atoms with E-state index < -0.39 is 12.1 Å². The molecule has 0 fully saturated rings. The maximum atomic E-state index is 12.9. The summed E-state index contributed by atoms with van der Waals surface area (Å²) in [4.78, 5) is 38.3. The highest BCUT2D eigenvalue weighted by molar-refractivity contribution is 5.72. The van der Waals surface area contributed by atoms with Crippen molar-refractivity contribution in [1.29, 1.82) is 0 Å². The molecule has 0 spiro atoms. The molecule has 0 aliphatic rings. The summed E-state index contributed by atoms with van der Waals surface area (Å²) in [5.41, 5.74) is 0. The summed E-state index contributed by atoms with van der Waals surface area (Å²) in [6.07, 6.45) is 81.2. The van der Waals surface area contributed by atoms with Crippen LogP contribution in [0.2, 0.25) is 0 Å². The molecule has 0 heterocycles. The second kappa shape index (κ2) is 63.6. The van der Waals surface area contributed by atoms with Gasteiger partial charge in [-0.15, -0.1) is 0 Å². The lowest BCUT2D eigenvalue weighted by Gasteiger charge is -2.18. The van der Waals surface area contributed by atoms with E-state index >= 15 is 0 Å². The lowest BCUT2D eigenvalue weighted by atomic mass is 10.0. The fourth-order valence-corrected chi connectivity index (χ4v) is 9.70. The number of hydrogen-bond donors (Lipinski definition) is 0. The van der Waals surface area contributed by atoms with Gasteiger partial charge in [-0.3, -0.25) is 14.4 Å². The molecule has 1 unspecified atom stereocenters. The van der Waals surface area contributed by atoms with E-state index in [9.17, 15) is 14.4 Å². The van der Waals surface area contributed by atoms with Crippen LogP contribution >= 0.6 is 0 Å². The van der Waals surface area contributed by atoms with Gasteiger partial charge in [0.1, 0.15) is 13.2 Å². The summed E-state index contributed by atoms with van der Waals surface area (Å²) < 4.78 is 16.8. The van der Waals surface area contributed by atoms with Gasteiger partial charge in [0, 0.05) is 12.8 Å². The van der Waals surface area contributed by atoms with Gasteiger partial charge in [0.15, 0.2) is 6.10 Å². The number of ether oxygens (including phenoxy) is 3. The Morgan fingerprint density at radius 3 is 0.813 bits per heavy atom. The number of allylic oxidation sites excluding steroid dienone is 9. The van der Waals surface area contributed by atoms with Crippen LogP contribution < -0.4 is 0 Å². The molecule has 1 atom stereocenters. The third kappa shape index (κ3) is 61.8. The van der Waals surface area contributed by atoms with Crippen molar-refractivity contribution < 1.29 is 28.6 Å². The average Bonchev–Trinajstić information content (AvgIpc) is 3.41. The second-order valence-corrected chi connectivity index (χ2v) is 22.0. The highest BCUT2D eigenvalue weighted by Gasteiger charge is 2.19. The van der Waals surface area contributed by atoms with Crippen LogP contribution in [0.3, 0.4) is 0 Å². The minimum Gasteiger partial charge on any atom is -0.462 e. The first kappa shape index (κ1) is 72.1. The number of carbonyl (C=O) groups excluding carboxylic acids is 3. The van der Waals surface area contributed by atoms with Crippen LogP contribution in [0.15, 0.2) is 60.8 Å². The maximum Gasteiger partial charge on any atom is 0.309 e. The third-order valence-corrected chi connectivity index (χ3v) is 14.6. The van der Waals surface area contributed by atoms with Crippen LogP contribution in [-0.4, -0.2) is 37.2 Å². The van der Waals surface area contributed by atoms with Gasteiger partial charge < -0.3 is 14.2 Å². The fourth-order valence-electron chi connectivity index (χ4n) is 9.70. The van der Waals surface area contributed by atoms with E-state index in [2.05, 4.69) is 69.4 Å². The molecule has 0 bridgehead atoms. The van der Waals surface area contributed by atoms with Crippen LogP contribution in [0.5, 0.6) is 0 Å². The quantitative estimate of drug-likeness (QED) is 0.0261. The molecule has 75 heavy (non-hydrogen) atoms. The van der Waals surface area contributed by atoms with Crippen molar-refractivity contribution in [2.75, 3.05) is 13.2 Å². The molecule has 6 nitrogen and oxygen atoms in total. The Morgan fingerprint density at radius 2 is 0.520 bits per heavy atom. The van der Waals surface area contributed by atoms with Crippen molar-refractivity contribution in [3.8, 4) is 0 Å². The summed E-state index contributed by atoms with van der Waals surface area (Å²) in [7, 11) is 0. The number of esters is 3. The summed E-state index contributed by atoms with van der Waals surface area (Å²) in [5, 5.41) is 0. The van der Waals surface area contributed by atoms with Crippen LogP contribution in [0, 0.1) is 0 Å². The molecular formula is C69H124O6. The molecule has 0 amide bonds. The molecule has 0 saturated heterocycles. The van der Waals surface area contributed by atoms with E-state index in [1.54, 1.807) is 0 Å². The van der Waals surface area contributed by atoms with Crippen molar-refractivity contribution in [2.45, 2.75) is 348 Å². The molecule has 0 saturated carbocycles. The van der Waals surface area contributed by atoms with E-state index in [-0.39, 0.29) is 31.6 Å². The average molecular weight is 1050 g/mol. The molecule has 0 radical (unpaired) electrons. The van der Waals surface area contributed by atoms with Gasteiger partial charge in [-0.25, -0.2) is 0 Å². The highest BCUT2D eigenvalue weighted by atomic mass is 16.6. The Bertz CT molecular complexity index is 1340. The highest BCUT2D eigenvalue weighted by Crippen LogP contribution is 2.18. The topological polar surface area (TPSA) is 78.9 Å². The van der Waals surface area contributed by atoms with Gasteiger partial charge in [0.05, 0.1) is 6.42 Å². The van der Waals surface area contributed by atoms with E-state index in [0.717, 1.165) is 70.6 Å². The van der Waals surface area contributed by atoms with Crippen molar-refractivity contribution in [1.82, 2.24) is 0 Å². The predicted molar refractivity (Wildman–Crippen MR) is 325 cm³/mol. The first-order valence-corrected chi connectivity index (χ1v) is 32.8. The maximum absolute atomic E-state index is 12.9. The number of rotatable bonds is 60. The van der Waals surface area contributed by atoms with E-state index in [1.807, 2.05) is 12.2 Å².